The summed E-state index contributed by atoms with van der Waals surface area (Å²) in [5.74, 6) is -0.0446. The van der Waals surface area contributed by atoms with Gasteiger partial charge < -0.3 is 24.3 Å². The van der Waals surface area contributed by atoms with Crippen LogP contribution in [0.1, 0.15) is 121 Å². The van der Waals surface area contributed by atoms with Crippen LogP contribution in [0.15, 0.2) is 54.6 Å². The minimum Gasteiger partial charge on any atom is -0.485 e. The van der Waals surface area contributed by atoms with Crippen molar-refractivity contribution < 1.29 is 32.9 Å². The van der Waals surface area contributed by atoms with Gasteiger partial charge >= 0.3 is 12.1 Å². The maximum atomic E-state index is 16.4. The second-order valence-corrected chi connectivity index (χ2v) is 15.3. The average molecular weight is 674 g/mol. The summed E-state index contributed by atoms with van der Waals surface area (Å²) in [6.07, 6.45) is 5.98. The average Bonchev–Trinajstić information content (AvgIpc) is 3.53. The maximum Gasteiger partial charge on any atom is 0.408 e. The Labute approximate surface area is 290 Å². The van der Waals surface area contributed by atoms with Crippen molar-refractivity contribution in [2.75, 3.05) is 6.61 Å². The molecule has 1 saturated heterocycles. The number of benzene rings is 3. The summed E-state index contributed by atoms with van der Waals surface area (Å²) in [5, 5.41) is 2.78. The van der Waals surface area contributed by atoms with Crippen molar-refractivity contribution in [2.24, 2.45) is 0 Å². The first-order valence-corrected chi connectivity index (χ1v) is 17.7. The zero-order valence-corrected chi connectivity index (χ0v) is 30.1. The number of carbonyl (C=O) groups is 2. The number of halogens is 1. The number of alkyl carbamates (subject to hydrolysis) is 1. The Morgan fingerprint density at radius 1 is 0.939 bits per heavy atom. The molecular weight excluding hydrogens is 621 g/mol. The van der Waals surface area contributed by atoms with Crippen LogP contribution < -0.4 is 10.1 Å². The fourth-order valence-corrected chi connectivity index (χ4v) is 6.78. The van der Waals surface area contributed by atoms with E-state index in [-0.39, 0.29) is 30.4 Å². The lowest BCUT2D eigenvalue weighted by atomic mass is 9.82. The highest BCUT2D eigenvalue weighted by molar-refractivity contribution is 5.74. The smallest absolute Gasteiger partial charge is 0.408 e. The van der Waals surface area contributed by atoms with E-state index >= 15 is 4.39 Å². The monoisotopic (exact) mass is 673 g/mol. The molecule has 264 valence electrons. The van der Waals surface area contributed by atoms with Crippen molar-refractivity contribution in [3.05, 3.63) is 88.2 Å². The summed E-state index contributed by atoms with van der Waals surface area (Å²) < 4.78 is 40.2. The number of carbonyl (C=O) groups excluding carboxylic acids is 2. The number of para-hydroxylation sites is 1. The number of hydrogen-bond acceptors (Lipinski definition) is 6. The second-order valence-electron chi connectivity index (χ2n) is 15.3. The van der Waals surface area contributed by atoms with Gasteiger partial charge in [0.15, 0.2) is 0 Å². The molecule has 1 aliphatic carbocycles. The number of esters is 1. The third-order valence-corrected chi connectivity index (χ3v) is 8.91. The molecule has 1 aliphatic heterocycles. The van der Waals surface area contributed by atoms with Crippen LogP contribution >= 0.6 is 0 Å². The molecule has 5 rings (SSSR count). The molecule has 3 aromatic carbocycles. The highest BCUT2D eigenvalue weighted by Crippen LogP contribution is 2.41. The van der Waals surface area contributed by atoms with E-state index in [1.54, 1.807) is 39.8 Å². The molecule has 2 aliphatic rings. The van der Waals surface area contributed by atoms with Crippen LogP contribution in [0.3, 0.4) is 0 Å². The van der Waals surface area contributed by atoms with Crippen LogP contribution in [0.25, 0.3) is 11.1 Å². The number of amides is 1. The third kappa shape index (κ3) is 9.84. The number of fused-ring (bicyclic) bond motifs is 1. The van der Waals surface area contributed by atoms with E-state index in [4.69, 9.17) is 18.9 Å². The predicted molar refractivity (Wildman–Crippen MR) is 189 cm³/mol. The lowest BCUT2D eigenvalue weighted by Gasteiger charge is -2.30. The van der Waals surface area contributed by atoms with E-state index in [1.165, 1.54) is 11.1 Å². The summed E-state index contributed by atoms with van der Waals surface area (Å²) in [6.45, 7) is 13.5. The SMILES string of the molecule is C[C@@H](NC(=O)OC(C)(C)C)c1cccc(-c2cc(CC[C@H]3CCCO3)c3c(c2)C(Oc2ccccc2CC(=O)OC(C)(C)C)CCC3)c1F. The molecule has 1 fully saturated rings. The molecule has 3 atom stereocenters. The Bertz CT molecular complexity index is 1630. The van der Waals surface area contributed by atoms with Crippen molar-refractivity contribution in [1.82, 2.24) is 5.32 Å². The predicted octanol–water partition coefficient (Wildman–Crippen LogP) is 9.53. The van der Waals surface area contributed by atoms with Crippen molar-refractivity contribution in [3.63, 3.8) is 0 Å². The quantitative estimate of drug-likeness (QED) is 0.216. The molecular formula is C41H52FNO6. The molecule has 0 aromatic heterocycles. The second kappa shape index (κ2) is 15.3. The van der Waals surface area contributed by atoms with Crippen molar-refractivity contribution in [3.8, 4) is 16.9 Å². The molecule has 0 saturated carbocycles. The molecule has 8 heteroatoms. The Morgan fingerprint density at radius 3 is 2.41 bits per heavy atom. The van der Waals surface area contributed by atoms with Crippen molar-refractivity contribution >= 4 is 12.1 Å². The largest absolute Gasteiger partial charge is 0.485 e. The standard InChI is InChI=1S/C41H52FNO6/c1-26(43-39(45)49-41(5,6)7)31-15-10-17-33(38(31)42)29-23-27(20-21-30-14-12-22-46-30)32-16-11-19-36(34(32)24-29)47-35-18-9-8-13-28(35)25-37(44)48-40(2,3)4/h8-10,13,15,17-18,23-24,26,30,36H,11-12,14,16,19-22,25H2,1-7H3,(H,43,45)/t26-,30-,36?/m1/s1. The van der Waals surface area contributed by atoms with Gasteiger partial charge in [-0.3, -0.25) is 4.79 Å². The van der Waals surface area contributed by atoms with E-state index in [0.29, 0.717) is 16.9 Å². The van der Waals surface area contributed by atoms with E-state index in [9.17, 15) is 9.59 Å². The fraction of sp³-hybridized carbons (Fsp3) is 0.512. The maximum absolute atomic E-state index is 16.4. The van der Waals surface area contributed by atoms with Crippen molar-refractivity contribution in [1.29, 1.82) is 0 Å². The number of ether oxygens (including phenoxy) is 4. The summed E-state index contributed by atoms with van der Waals surface area (Å²) in [5.41, 5.74) is 4.61. The van der Waals surface area contributed by atoms with Gasteiger partial charge in [0.05, 0.1) is 18.6 Å². The molecule has 49 heavy (non-hydrogen) atoms. The van der Waals surface area contributed by atoms with Gasteiger partial charge in [0, 0.05) is 23.3 Å². The molecule has 1 unspecified atom stereocenters. The van der Waals surface area contributed by atoms with E-state index in [2.05, 4.69) is 17.4 Å². The topological polar surface area (TPSA) is 83.1 Å². The summed E-state index contributed by atoms with van der Waals surface area (Å²) >= 11 is 0. The van der Waals surface area contributed by atoms with Crippen LogP contribution in [0.2, 0.25) is 0 Å². The Balaban J connectivity index is 1.49. The van der Waals surface area contributed by atoms with Gasteiger partial charge in [-0.2, -0.15) is 0 Å². The van der Waals surface area contributed by atoms with E-state index < -0.39 is 23.3 Å². The molecule has 1 amide bonds. The zero-order valence-electron chi connectivity index (χ0n) is 30.1. The molecule has 3 aromatic rings. The first kappa shape index (κ1) is 36.4. The molecule has 7 nitrogen and oxygen atoms in total. The van der Waals surface area contributed by atoms with Crippen LogP contribution in [0, 0.1) is 5.82 Å². The van der Waals surface area contributed by atoms with Gasteiger partial charge in [-0.15, -0.1) is 0 Å². The molecule has 0 spiro atoms. The number of rotatable bonds is 10. The zero-order chi connectivity index (χ0) is 35.3. The van der Waals surface area contributed by atoms with Gasteiger partial charge in [-0.25, -0.2) is 9.18 Å². The highest BCUT2D eigenvalue weighted by Gasteiger charge is 2.29. The number of hydrogen-bond donors (Lipinski definition) is 1. The molecule has 1 heterocycles. The molecule has 1 N–H and O–H groups in total. The van der Waals surface area contributed by atoms with Crippen LogP contribution in [-0.2, 0) is 38.3 Å². The Morgan fingerprint density at radius 2 is 1.69 bits per heavy atom. The van der Waals surface area contributed by atoms with Gasteiger partial charge in [-0.1, -0.05) is 42.5 Å². The minimum atomic E-state index is -0.665. The molecule has 0 radical (unpaired) electrons. The Kier molecular flexibility index (Phi) is 11.4. The summed E-state index contributed by atoms with van der Waals surface area (Å²) in [4.78, 5) is 25.3. The molecule has 0 bridgehead atoms. The minimum absolute atomic E-state index is 0.104. The van der Waals surface area contributed by atoms with E-state index in [0.717, 1.165) is 68.2 Å². The van der Waals surface area contributed by atoms with Gasteiger partial charge in [0.2, 0.25) is 0 Å². The highest BCUT2D eigenvalue weighted by atomic mass is 19.1. The van der Waals surface area contributed by atoms with Gasteiger partial charge in [0.1, 0.15) is 28.9 Å². The third-order valence-electron chi connectivity index (χ3n) is 8.91. The Hall–Kier alpha value is -3.91. The van der Waals surface area contributed by atoms with Gasteiger partial charge in [-0.05, 0) is 128 Å². The number of nitrogens with one attached hydrogen (secondary N) is 1. The van der Waals surface area contributed by atoms with Crippen molar-refractivity contribution in [2.45, 2.75) is 129 Å². The van der Waals surface area contributed by atoms with Crippen LogP contribution in [-0.4, -0.2) is 36.0 Å². The van der Waals surface area contributed by atoms with E-state index in [1.807, 2.05) is 51.1 Å². The van der Waals surface area contributed by atoms with Crippen LogP contribution in [0.5, 0.6) is 5.75 Å². The normalized spacial score (nSPS) is 18.4. The summed E-state index contributed by atoms with van der Waals surface area (Å²) in [6, 6.07) is 16.5. The van der Waals surface area contributed by atoms with Crippen LogP contribution in [0.4, 0.5) is 9.18 Å². The fourth-order valence-electron chi connectivity index (χ4n) is 6.78. The lowest BCUT2D eigenvalue weighted by Crippen LogP contribution is -2.34. The first-order valence-electron chi connectivity index (χ1n) is 17.7. The lowest BCUT2D eigenvalue weighted by molar-refractivity contribution is -0.153. The number of aryl methyl sites for hydroxylation is 1. The summed E-state index contributed by atoms with van der Waals surface area (Å²) in [7, 11) is 0. The first-order chi connectivity index (χ1) is 23.2. The van der Waals surface area contributed by atoms with Gasteiger partial charge in [0.25, 0.3) is 0 Å².